The summed E-state index contributed by atoms with van der Waals surface area (Å²) in [6.45, 7) is 4.41. The topological polar surface area (TPSA) is 134 Å². The molecule has 0 unspecified atom stereocenters. The molecule has 2 heterocycles. The number of carbonyl (C=O) groups is 3. The van der Waals surface area contributed by atoms with Crippen LogP contribution in [-0.2, 0) is 19.0 Å². The summed E-state index contributed by atoms with van der Waals surface area (Å²) < 4.78 is 12.1. The summed E-state index contributed by atoms with van der Waals surface area (Å²) in [5, 5.41) is 29.7. The van der Waals surface area contributed by atoms with Gasteiger partial charge in [0.25, 0.3) is 0 Å². The van der Waals surface area contributed by atoms with E-state index in [9.17, 15) is 24.5 Å². The van der Waals surface area contributed by atoms with Crippen LogP contribution in [0.5, 0.6) is 11.5 Å². The second kappa shape index (κ2) is 13.7. The van der Waals surface area contributed by atoms with E-state index >= 15 is 0 Å². The first kappa shape index (κ1) is 31.6. The van der Waals surface area contributed by atoms with Gasteiger partial charge in [-0.05, 0) is 104 Å². The van der Waals surface area contributed by atoms with Gasteiger partial charge >= 0.3 is 13.1 Å². The van der Waals surface area contributed by atoms with Gasteiger partial charge in [0, 0.05) is 13.0 Å². The fourth-order valence-electron chi connectivity index (χ4n) is 6.66. The standard InChI is InChI=1S/C30H39BINO8/c1-4-18(13-19-14-22(32)28(36)24(15-19)40-3)9-10-23-26-17(2)12-20-27(21(26)16-31(39)41-23)30(38)33(29(20)37)11-7-5-6-8-25(34)35/h13-15,20-21,23,27,36,39H,4-12,16H2,1-3H3,(H,34,35)/b18-13+/t20-,21+,23-,27-/m1/s1. The number of hydrogen-bond acceptors (Lipinski definition) is 7. The number of phenols is 1. The van der Waals surface area contributed by atoms with Crippen LogP contribution in [0.15, 0.2) is 28.9 Å². The number of nitrogens with zero attached hydrogens (tertiary/aromatic N) is 1. The van der Waals surface area contributed by atoms with Gasteiger partial charge in [0.2, 0.25) is 11.8 Å². The van der Waals surface area contributed by atoms with E-state index in [0.29, 0.717) is 48.0 Å². The lowest BCUT2D eigenvalue weighted by Crippen LogP contribution is -2.46. The van der Waals surface area contributed by atoms with Crippen molar-refractivity contribution >= 4 is 53.6 Å². The molecule has 0 saturated carbocycles. The molecule has 4 rings (SSSR count). The fourth-order valence-corrected chi connectivity index (χ4v) is 7.29. The average Bonchev–Trinajstić information content (AvgIpc) is 3.16. The molecular formula is C30H39BINO8. The number of ether oxygens (including phenoxy) is 1. The molecule has 0 aromatic heterocycles. The summed E-state index contributed by atoms with van der Waals surface area (Å²) in [4.78, 5) is 39.0. The third-order valence-corrected chi connectivity index (χ3v) is 9.46. The number of carbonyl (C=O) groups excluding carboxylic acids is 2. The van der Waals surface area contributed by atoms with Crippen molar-refractivity contribution in [2.75, 3.05) is 13.7 Å². The predicted molar refractivity (Wildman–Crippen MR) is 163 cm³/mol. The van der Waals surface area contributed by atoms with Crippen LogP contribution in [0.25, 0.3) is 6.08 Å². The van der Waals surface area contributed by atoms with Crippen LogP contribution in [0, 0.1) is 21.3 Å². The summed E-state index contributed by atoms with van der Waals surface area (Å²) in [6.07, 6.45) is 6.54. The molecule has 41 heavy (non-hydrogen) atoms. The van der Waals surface area contributed by atoms with E-state index in [0.717, 1.165) is 29.6 Å². The minimum Gasteiger partial charge on any atom is -0.504 e. The van der Waals surface area contributed by atoms with Gasteiger partial charge in [-0.15, -0.1) is 0 Å². The Labute approximate surface area is 255 Å². The number of carboxylic acids is 1. The second-order valence-electron chi connectivity index (χ2n) is 11.3. The number of hydrogen-bond donors (Lipinski definition) is 3. The van der Waals surface area contributed by atoms with Gasteiger partial charge in [-0.1, -0.05) is 30.6 Å². The van der Waals surface area contributed by atoms with Gasteiger partial charge in [-0.3, -0.25) is 19.3 Å². The molecule has 1 aliphatic carbocycles. The zero-order valence-electron chi connectivity index (χ0n) is 23.9. The van der Waals surface area contributed by atoms with E-state index in [2.05, 4.69) is 35.6 Å². The minimum atomic E-state index is -1.01. The molecule has 2 fully saturated rings. The first-order valence-corrected chi connectivity index (χ1v) is 15.5. The van der Waals surface area contributed by atoms with Crippen LogP contribution in [0.2, 0.25) is 6.32 Å². The summed E-state index contributed by atoms with van der Waals surface area (Å²) in [5.41, 5.74) is 4.23. The van der Waals surface area contributed by atoms with Crippen LogP contribution in [0.4, 0.5) is 0 Å². The lowest BCUT2D eigenvalue weighted by Gasteiger charge is -2.42. The number of aromatic hydroxyl groups is 1. The van der Waals surface area contributed by atoms with Crippen LogP contribution >= 0.6 is 22.6 Å². The number of fused-ring (bicyclic) bond motifs is 3. The molecular weight excluding hydrogens is 640 g/mol. The van der Waals surface area contributed by atoms with Gasteiger partial charge in [-0.2, -0.15) is 0 Å². The Bertz CT molecular complexity index is 1250. The molecule has 3 N–H and O–H groups in total. The van der Waals surface area contributed by atoms with Crippen molar-refractivity contribution in [3.05, 3.63) is 38.0 Å². The molecule has 0 bridgehead atoms. The summed E-state index contributed by atoms with van der Waals surface area (Å²) in [5.74, 6) is -1.78. The summed E-state index contributed by atoms with van der Waals surface area (Å²) in [6, 6.07) is 3.71. The van der Waals surface area contributed by atoms with E-state index in [1.54, 1.807) is 6.07 Å². The molecule has 1 aromatic carbocycles. The predicted octanol–water partition coefficient (Wildman–Crippen LogP) is 5.04. The highest BCUT2D eigenvalue weighted by Crippen LogP contribution is 2.50. The first-order chi connectivity index (χ1) is 19.5. The van der Waals surface area contributed by atoms with Gasteiger partial charge < -0.3 is 24.6 Å². The number of rotatable bonds is 12. The Morgan fingerprint density at radius 2 is 1.95 bits per heavy atom. The average molecular weight is 679 g/mol. The van der Waals surface area contributed by atoms with E-state index in [4.69, 9.17) is 14.5 Å². The molecule has 2 aliphatic heterocycles. The summed E-state index contributed by atoms with van der Waals surface area (Å²) in [7, 11) is 0.515. The molecule has 2 saturated heterocycles. The van der Waals surface area contributed by atoms with Gasteiger partial charge in [-0.25, -0.2) is 0 Å². The maximum atomic E-state index is 13.5. The van der Waals surface area contributed by atoms with E-state index in [1.807, 2.05) is 13.0 Å². The Morgan fingerprint density at radius 3 is 2.63 bits per heavy atom. The number of aliphatic carboxylic acids is 1. The van der Waals surface area contributed by atoms with Crippen LogP contribution < -0.4 is 4.74 Å². The Balaban J connectivity index is 1.48. The lowest BCUT2D eigenvalue weighted by atomic mass is 9.59. The highest BCUT2D eigenvalue weighted by molar-refractivity contribution is 14.1. The molecule has 222 valence electrons. The number of phenolic OH excluding ortho intramolecular Hbond substituents is 1. The van der Waals surface area contributed by atoms with Crippen LogP contribution in [-0.4, -0.2) is 64.8 Å². The SMILES string of the molecule is CC/C(=C\c1cc(I)c(O)c(OC)c1)CC[C@H]1OB(O)C[C@H]2C1=C(C)C[C@H]1C(=O)N(CCCCCC(=O)O)C(=O)[C@H]12. The second-order valence-corrected chi connectivity index (χ2v) is 12.4. The number of methoxy groups -OCH3 is 1. The Morgan fingerprint density at radius 1 is 1.20 bits per heavy atom. The minimum absolute atomic E-state index is 0.0817. The van der Waals surface area contributed by atoms with Crippen molar-refractivity contribution in [2.24, 2.45) is 17.8 Å². The van der Waals surface area contributed by atoms with Crippen molar-refractivity contribution in [3.63, 3.8) is 0 Å². The van der Waals surface area contributed by atoms with Gasteiger partial charge in [0.05, 0.1) is 28.6 Å². The number of likely N-dealkylation sites (tertiary alicyclic amines) is 1. The summed E-state index contributed by atoms with van der Waals surface area (Å²) >= 11 is 2.08. The molecule has 11 heteroatoms. The fraction of sp³-hybridized carbons (Fsp3) is 0.567. The largest absolute Gasteiger partial charge is 0.504 e. The first-order valence-electron chi connectivity index (χ1n) is 14.4. The van der Waals surface area contributed by atoms with Gasteiger partial charge in [0.15, 0.2) is 11.5 Å². The lowest BCUT2D eigenvalue weighted by molar-refractivity contribution is -0.141. The van der Waals surface area contributed by atoms with Crippen molar-refractivity contribution in [1.82, 2.24) is 4.90 Å². The Hall–Kier alpha value is -2.38. The van der Waals surface area contributed by atoms with E-state index in [1.165, 1.54) is 17.6 Å². The van der Waals surface area contributed by atoms with Crippen LogP contribution in [0.3, 0.4) is 0 Å². The molecule has 1 aromatic rings. The highest BCUT2D eigenvalue weighted by atomic mass is 127. The number of amides is 2. The number of halogens is 1. The number of allylic oxidation sites excluding steroid dienone is 2. The normalized spacial score (nSPS) is 24.6. The molecule has 2 amide bonds. The molecule has 0 radical (unpaired) electrons. The molecule has 9 nitrogen and oxygen atoms in total. The van der Waals surface area contributed by atoms with Crippen molar-refractivity contribution in [3.8, 4) is 11.5 Å². The quantitative estimate of drug-likeness (QED) is 0.0921. The molecule has 0 spiro atoms. The zero-order chi connectivity index (χ0) is 29.8. The number of benzene rings is 1. The Kier molecular flexibility index (Phi) is 10.6. The number of imide groups is 1. The van der Waals surface area contributed by atoms with E-state index < -0.39 is 24.9 Å². The smallest absolute Gasteiger partial charge is 0.455 e. The molecule has 3 aliphatic rings. The maximum Gasteiger partial charge on any atom is 0.455 e. The van der Waals surface area contributed by atoms with Gasteiger partial charge in [0.1, 0.15) is 0 Å². The van der Waals surface area contributed by atoms with Crippen molar-refractivity contribution in [1.29, 1.82) is 0 Å². The number of carboxylic acid groups (broad SMARTS) is 1. The monoisotopic (exact) mass is 679 g/mol. The third kappa shape index (κ3) is 6.99. The van der Waals surface area contributed by atoms with Crippen molar-refractivity contribution < 1.29 is 39.0 Å². The van der Waals surface area contributed by atoms with E-state index in [-0.39, 0.29) is 42.3 Å². The zero-order valence-corrected chi connectivity index (χ0v) is 26.1. The van der Waals surface area contributed by atoms with Crippen molar-refractivity contribution in [2.45, 2.75) is 77.6 Å². The molecule has 4 atom stereocenters. The maximum absolute atomic E-state index is 13.5. The highest BCUT2D eigenvalue weighted by Gasteiger charge is 2.56. The third-order valence-electron chi connectivity index (χ3n) is 8.64. The van der Waals surface area contributed by atoms with Crippen LogP contribution in [0.1, 0.15) is 70.8 Å². The number of unbranched alkanes of at least 4 members (excludes halogenated alkanes) is 2.